The molecule has 0 radical (unpaired) electrons. The smallest absolute Gasteiger partial charge is 0.416 e. The van der Waals surface area contributed by atoms with Crippen LogP contribution in [0.4, 0.5) is 26.3 Å². The molecule has 3 aromatic rings. The number of carboxylic acids is 1. The second-order valence-electron chi connectivity index (χ2n) is 12.6. The van der Waals surface area contributed by atoms with Crippen molar-refractivity contribution in [3.63, 3.8) is 0 Å². The summed E-state index contributed by atoms with van der Waals surface area (Å²) in [6.45, 7) is 8.05. The maximum Gasteiger partial charge on any atom is 0.416 e. The van der Waals surface area contributed by atoms with E-state index >= 15 is 8.78 Å². The fourth-order valence-electron chi connectivity index (χ4n) is 5.84. The van der Waals surface area contributed by atoms with Crippen molar-refractivity contribution < 1.29 is 41.0 Å². The summed E-state index contributed by atoms with van der Waals surface area (Å²) in [5.74, 6) is -0.718. The van der Waals surface area contributed by atoms with Crippen molar-refractivity contribution in [1.29, 1.82) is 0 Å². The van der Waals surface area contributed by atoms with Gasteiger partial charge in [0.05, 0.1) is 18.0 Å². The Morgan fingerprint density at radius 3 is 2.14 bits per heavy atom. The maximum absolute atomic E-state index is 16.7. The van der Waals surface area contributed by atoms with Gasteiger partial charge in [-0.3, -0.25) is 14.4 Å². The molecule has 2 atom stereocenters. The number of aryl methyl sites for hydroxylation is 2. The molecule has 13 heteroatoms. The Balaban J connectivity index is 2.25. The first-order chi connectivity index (χ1) is 22.8. The highest BCUT2D eigenvalue weighted by Gasteiger charge is 2.36. The van der Waals surface area contributed by atoms with E-state index in [1.807, 2.05) is 0 Å². The van der Waals surface area contributed by atoms with Crippen LogP contribution in [0.3, 0.4) is 0 Å². The third kappa shape index (κ3) is 9.32. The van der Waals surface area contributed by atoms with Crippen LogP contribution >= 0.6 is 0 Å². The van der Waals surface area contributed by atoms with Crippen LogP contribution in [0.15, 0.2) is 35.3 Å². The minimum absolute atomic E-state index is 0.0841. The third-order valence-electron chi connectivity index (χ3n) is 7.93. The molecule has 2 aromatic carbocycles. The quantitative estimate of drug-likeness (QED) is 0.158. The topological polar surface area (TPSA) is 91.6 Å². The molecule has 0 saturated heterocycles. The lowest BCUT2D eigenvalue weighted by Crippen LogP contribution is -2.41. The van der Waals surface area contributed by atoms with Crippen LogP contribution in [0, 0.1) is 49.1 Å². The standard InChI is InChI=1S/C36H39F6N3O4/c1-8-9-22-15-26(38)33(34(39)32(22)31-20(4)13-24(37)14-21(31)5)27(17-30(47)48)43-35(49)28(12-19(2)3)45-18-23(10-11-44(6)7)25(16-29(45)46)36(40,41)42/h13-16,18-19,27-28H,10-12,17H2,1-7H3,(H,43,49)(H,47,48)/t27-,28+/m1/s1. The number of aliphatic carboxylic acids is 1. The number of nitrogens with zero attached hydrogens (tertiary/aromatic N) is 2. The summed E-state index contributed by atoms with van der Waals surface area (Å²) in [5, 5.41) is 12.1. The van der Waals surface area contributed by atoms with Crippen molar-refractivity contribution in [2.75, 3.05) is 20.6 Å². The van der Waals surface area contributed by atoms with Gasteiger partial charge in [0.1, 0.15) is 23.5 Å². The minimum atomic E-state index is -4.86. The number of aromatic nitrogens is 1. The summed E-state index contributed by atoms with van der Waals surface area (Å²) in [4.78, 5) is 40.8. The number of carbonyl (C=O) groups is 2. The largest absolute Gasteiger partial charge is 0.481 e. The third-order valence-corrected chi connectivity index (χ3v) is 7.93. The Morgan fingerprint density at radius 2 is 1.63 bits per heavy atom. The molecule has 49 heavy (non-hydrogen) atoms. The lowest BCUT2D eigenvalue weighted by atomic mass is 9.88. The molecular formula is C36H39F6N3O4. The first-order valence-corrected chi connectivity index (χ1v) is 15.5. The molecule has 0 aliphatic carbocycles. The maximum atomic E-state index is 16.7. The van der Waals surface area contributed by atoms with Gasteiger partial charge in [-0.1, -0.05) is 19.8 Å². The summed E-state index contributed by atoms with van der Waals surface area (Å²) < 4.78 is 89.3. The summed E-state index contributed by atoms with van der Waals surface area (Å²) in [5.41, 5.74) is -2.91. The van der Waals surface area contributed by atoms with Gasteiger partial charge in [0.25, 0.3) is 5.56 Å². The zero-order valence-electron chi connectivity index (χ0n) is 28.3. The highest BCUT2D eigenvalue weighted by Crippen LogP contribution is 2.38. The second-order valence-corrected chi connectivity index (χ2v) is 12.6. The molecule has 7 nitrogen and oxygen atoms in total. The molecule has 1 aromatic heterocycles. The van der Waals surface area contributed by atoms with Gasteiger partial charge in [0, 0.05) is 35.5 Å². The van der Waals surface area contributed by atoms with Crippen LogP contribution in [-0.2, 0) is 22.2 Å². The molecule has 0 unspecified atom stereocenters. The Kier molecular flexibility index (Phi) is 12.5. The number of carbonyl (C=O) groups excluding carboxylic acids is 1. The lowest BCUT2D eigenvalue weighted by Gasteiger charge is -2.27. The van der Waals surface area contributed by atoms with Crippen LogP contribution in [-0.4, -0.2) is 47.1 Å². The molecular weight excluding hydrogens is 652 g/mol. The molecule has 0 aliphatic heterocycles. The van der Waals surface area contributed by atoms with E-state index < -0.39 is 70.7 Å². The summed E-state index contributed by atoms with van der Waals surface area (Å²) in [6, 6.07) is 0.303. The number of benzene rings is 2. The minimum Gasteiger partial charge on any atom is -0.481 e. The van der Waals surface area contributed by atoms with E-state index in [-0.39, 0.29) is 58.7 Å². The molecule has 2 N–H and O–H groups in total. The predicted molar refractivity (Wildman–Crippen MR) is 173 cm³/mol. The molecule has 264 valence electrons. The number of nitrogens with one attached hydrogen (secondary N) is 1. The first kappa shape index (κ1) is 38.9. The summed E-state index contributed by atoms with van der Waals surface area (Å²) >= 11 is 0. The van der Waals surface area contributed by atoms with E-state index in [0.717, 1.165) is 29.0 Å². The summed E-state index contributed by atoms with van der Waals surface area (Å²) in [7, 11) is 3.31. The van der Waals surface area contributed by atoms with Gasteiger partial charge in [-0.05, 0) is 94.1 Å². The van der Waals surface area contributed by atoms with Crippen LogP contribution in [0.25, 0.3) is 11.1 Å². The van der Waals surface area contributed by atoms with E-state index in [0.29, 0.717) is 6.07 Å². The van der Waals surface area contributed by atoms with E-state index in [1.54, 1.807) is 32.8 Å². The van der Waals surface area contributed by atoms with E-state index in [2.05, 4.69) is 17.2 Å². The first-order valence-electron chi connectivity index (χ1n) is 15.5. The molecule has 0 bridgehead atoms. The van der Waals surface area contributed by atoms with Crippen LogP contribution in [0.1, 0.15) is 79.1 Å². The van der Waals surface area contributed by atoms with E-state index in [9.17, 15) is 37.1 Å². The Hall–Kier alpha value is -4.57. The second kappa shape index (κ2) is 15.8. The van der Waals surface area contributed by atoms with E-state index in [1.165, 1.54) is 20.8 Å². The molecule has 0 saturated carbocycles. The molecule has 1 amide bonds. The summed E-state index contributed by atoms with van der Waals surface area (Å²) in [6.07, 6.45) is -5.09. The highest BCUT2D eigenvalue weighted by atomic mass is 19.4. The van der Waals surface area contributed by atoms with Crippen LogP contribution < -0.4 is 10.9 Å². The van der Waals surface area contributed by atoms with Gasteiger partial charge in [0.2, 0.25) is 5.91 Å². The highest BCUT2D eigenvalue weighted by molar-refractivity contribution is 5.83. The van der Waals surface area contributed by atoms with Crippen molar-refractivity contribution >= 4 is 11.9 Å². The van der Waals surface area contributed by atoms with Crippen LogP contribution in [0.2, 0.25) is 0 Å². The SMILES string of the molecule is CC#Cc1cc(F)c([C@@H](CC(=O)O)NC(=O)[C@H](CC(C)C)n2cc(CCN(C)C)c(C(F)(F)F)cc2=O)c(F)c1-c1c(C)cc(F)cc1C. The average molecular weight is 692 g/mol. The van der Waals surface area contributed by atoms with Crippen molar-refractivity contribution in [2.45, 2.75) is 72.1 Å². The number of hydrogen-bond donors (Lipinski definition) is 2. The van der Waals surface area contributed by atoms with Crippen molar-refractivity contribution in [3.8, 4) is 23.0 Å². The number of likely N-dealkylation sites (N-methyl/N-ethyl adjacent to an activating group) is 1. The molecule has 0 aliphatic rings. The van der Waals surface area contributed by atoms with Crippen LogP contribution in [0.5, 0.6) is 0 Å². The zero-order valence-corrected chi connectivity index (χ0v) is 28.3. The molecule has 1 heterocycles. The number of carboxylic acid groups (broad SMARTS) is 1. The molecule has 3 rings (SSSR count). The number of rotatable bonds is 12. The zero-order chi connectivity index (χ0) is 37.0. The van der Waals surface area contributed by atoms with Gasteiger partial charge < -0.3 is 19.9 Å². The van der Waals surface area contributed by atoms with Crippen molar-refractivity contribution in [3.05, 3.63) is 91.6 Å². The Morgan fingerprint density at radius 1 is 1.02 bits per heavy atom. The Labute approximate surface area is 280 Å². The van der Waals surface area contributed by atoms with Crippen molar-refractivity contribution in [1.82, 2.24) is 14.8 Å². The fraction of sp³-hybridized carbons (Fsp3) is 0.417. The van der Waals surface area contributed by atoms with Gasteiger partial charge in [-0.15, -0.1) is 5.92 Å². The van der Waals surface area contributed by atoms with Crippen molar-refractivity contribution in [2.24, 2.45) is 5.92 Å². The normalized spacial score (nSPS) is 12.9. The number of pyridine rings is 1. The van der Waals surface area contributed by atoms with E-state index in [4.69, 9.17) is 0 Å². The monoisotopic (exact) mass is 691 g/mol. The van der Waals surface area contributed by atoms with Gasteiger partial charge in [-0.25, -0.2) is 13.2 Å². The average Bonchev–Trinajstić information content (AvgIpc) is 2.95. The van der Waals surface area contributed by atoms with Gasteiger partial charge >= 0.3 is 12.1 Å². The number of hydrogen-bond acceptors (Lipinski definition) is 4. The lowest BCUT2D eigenvalue weighted by molar-refractivity contribution is -0.139. The predicted octanol–water partition coefficient (Wildman–Crippen LogP) is 6.96. The Bertz CT molecular complexity index is 1830. The fourth-order valence-corrected chi connectivity index (χ4v) is 5.84. The molecule has 0 fully saturated rings. The van der Waals surface area contributed by atoms with Gasteiger partial charge in [0.15, 0.2) is 0 Å². The molecule has 0 spiro atoms. The number of halogens is 6. The number of amides is 1. The number of alkyl halides is 3. The van der Waals surface area contributed by atoms with Gasteiger partial charge in [-0.2, -0.15) is 13.2 Å².